The molecular weight excluding hydrogens is 236 g/mol. The number of fused-ring (bicyclic) bond motifs is 1. The molecule has 19 heavy (non-hydrogen) atoms. The molecule has 1 fully saturated rings. The molecular formula is C16H24N2O. The molecule has 3 nitrogen and oxygen atoms in total. The Balaban J connectivity index is 1.56. The van der Waals surface area contributed by atoms with Crippen molar-refractivity contribution in [1.29, 1.82) is 0 Å². The van der Waals surface area contributed by atoms with Crippen LogP contribution >= 0.6 is 0 Å². The van der Waals surface area contributed by atoms with Crippen molar-refractivity contribution in [2.45, 2.75) is 32.9 Å². The maximum Gasteiger partial charge on any atom is 0.124 e. The van der Waals surface area contributed by atoms with E-state index in [-0.39, 0.29) is 0 Å². The smallest absolute Gasteiger partial charge is 0.124 e. The molecule has 2 aliphatic heterocycles. The third-order valence-corrected chi connectivity index (χ3v) is 4.29. The first-order chi connectivity index (χ1) is 9.24. The van der Waals surface area contributed by atoms with E-state index in [4.69, 9.17) is 4.74 Å². The molecule has 0 amide bonds. The van der Waals surface area contributed by atoms with Gasteiger partial charge in [0.15, 0.2) is 0 Å². The topological polar surface area (TPSA) is 24.5 Å². The highest BCUT2D eigenvalue weighted by Crippen LogP contribution is 2.26. The van der Waals surface area contributed by atoms with Crippen molar-refractivity contribution in [1.82, 2.24) is 10.2 Å². The van der Waals surface area contributed by atoms with E-state index in [2.05, 4.69) is 42.3 Å². The zero-order chi connectivity index (χ0) is 13.2. The van der Waals surface area contributed by atoms with Gasteiger partial charge in [0.25, 0.3) is 0 Å². The molecule has 0 bridgehead atoms. The van der Waals surface area contributed by atoms with Crippen molar-refractivity contribution >= 4 is 0 Å². The molecule has 1 aromatic carbocycles. The Hall–Kier alpha value is -1.06. The van der Waals surface area contributed by atoms with Gasteiger partial charge in [0, 0.05) is 37.2 Å². The molecule has 104 valence electrons. The molecule has 0 saturated carbocycles. The molecule has 0 radical (unpaired) electrons. The molecule has 3 rings (SSSR count). The van der Waals surface area contributed by atoms with Crippen LogP contribution in [0, 0.1) is 5.92 Å². The summed E-state index contributed by atoms with van der Waals surface area (Å²) in [6, 6.07) is 7.14. The molecule has 3 heteroatoms. The molecule has 1 saturated heterocycles. The summed E-state index contributed by atoms with van der Waals surface area (Å²) in [5, 5.41) is 3.43. The van der Waals surface area contributed by atoms with Gasteiger partial charge in [-0.2, -0.15) is 0 Å². The summed E-state index contributed by atoms with van der Waals surface area (Å²) in [5.74, 6) is 1.79. The minimum absolute atomic E-state index is 0.671. The van der Waals surface area contributed by atoms with Crippen LogP contribution in [-0.2, 0) is 13.0 Å². The Morgan fingerprint density at radius 1 is 1.37 bits per heavy atom. The van der Waals surface area contributed by atoms with Crippen molar-refractivity contribution in [2.24, 2.45) is 5.92 Å². The Kier molecular flexibility index (Phi) is 3.76. The zero-order valence-corrected chi connectivity index (χ0v) is 12.0. The Labute approximate surface area is 115 Å². The minimum atomic E-state index is 0.671. The average molecular weight is 260 g/mol. The van der Waals surface area contributed by atoms with Gasteiger partial charge in [-0.15, -0.1) is 0 Å². The van der Waals surface area contributed by atoms with Crippen molar-refractivity contribution in [2.75, 3.05) is 26.2 Å². The van der Waals surface area contributed by atoms with E-state index in [1.807, 2.05) is 0 Å². The summed E-state index contributed by atoms with van der Waals surface area (Å²) in [4.78, 5) is 2.50. The van der Waals surface area contributed by atoms with Gasteiger partial charge in [0.05, 0.1) is 6.61 Å². The highest BCUT2D eigenvalue weighted by atomic mass is 16.5. The summed E-state index contributed by atoms with van der Waals surface area (Å²) < 4.78 is 6.07. The van der Waals surface area contributed by atoms with Crippen LogP contribution < -0.4 is 10.1 Å². The maximum absolute atomic E-state index is 6.07. The predicted octanol–water partition coefficient (Wildman–Crippen LogP) is 2.05. The van der Waals surface area contributed by atoms with Crippen LogP contribution in [-0.4, -0.2) is 37.2 Å². The summed E-state index contributed by atoms with van der Waals surface area (Å²) in [5.41, 5.74) is 2.82. The number of hydrogen-bond acceptors (Lipinski definition) is 3. The Morgan fingerprint density at radius 3 is 3.00 bits per heavy atom. The van der Waals surface area contributed by atoms with E-state index in [1.165, 1.54) is 24.2 Å². The van der Waals surface area contributed by atoms with Crippen LogP contribution in [0.15, 0.2) is 18.2 Å². The van der Waals surface area contributed by atoms with Crippen molar-refractivity contribution in [3.63, 3.8) is 0 Å². The van der Waals surface area contributed by atoms with Gasteiger partial charge in [-0.1, -0.05) is 12.1 Å². The summed E-state index contributed by atoms with van der Waals surface area (Å²) in [6.07, 6.45) is 1.12. The van der Waals surface area contributed by atoms with E-state index >= 15 is 0 Å². The predicted molar refractivity (Wildman–Crippen MR) is 77.5 cm³/mol. The monoisotopic (exact) mass is 260 g/mol. The number of ether oxygens (including phenoxy) is 1. The average Bonchev–Trinajstić information content (AvgIpc) is 2.36. The molecule has 0 spiro atoms. The number of benzene rings is 1. The van der Waals surface area contributed by atoms with Gasteiger partial charge in [-0.3, -0.25) is 0 Å². The normalized spacial score (nSPS) is 20.2. The Bertz CT molecular complexity index is 438. The van der Waals surface area contributed by atoms with Gasteiger partial charge < -0.3 is 15.0 Å². The lowest BCUT2D eigenvalue weighted by molar-refractivity contribution is 0.0372. The lowest BCUT2D eigenvalue weighted by Crippen LogP contribution is -2.52. The van der Waals surface area contributed by atoms with Crippen molar-refractivity contribution in [3.8, 4) is 5.75 Å². The highest BCUT2D eigenvalue weighted by Gasteiger charge is 2.29. The highest BCUT2D eigenvalue weighted by molar-refractivity contribution is 5.41. The largest absolute Gasteiger partial charge is 0.493 e. The third kappa shape index (κ3) is 2.77. The van der Waals surface area contributed by atoms with E-state index in [1.54, 1.807) is 0 Å². The van der Waals surface area contributed by atoms with E-state index < -0.39 is 0 Å². The number of likely N-dealkylation sites (tertiary alicyclic amines) is 1. The SMILES string of the molecule is CC(C)N1CC(COc2cccc3c2CNCC3)C1. The molecule has 1 aromatic rings. The van der Waals surface area contributed by atoms with Gasteiger partial charge in [-0.25, -0.2) is 0 Å². The number of hydrogen-bond donors (Lipinski definition) is 1. The van der Waals surface area contributed by atoms with Crippen LogP contribution in [0.4, 0.5) is 0 Å². The fraction of sp³-hybridized carbons (Fsp3) is 0.625. The molecule has 0 atom stereocenters. The van der Waals surface area contributed by atoms with Gasteiger partial charge in [0.1, 0.15) is 5.75 Å². The standard InChI is InChI=1S/C16H24N2O/c1-12(2)18-9-13(10-18)11-19-16-5-3-4-14-6-7-17-8-15(14)16/h3-5,12-13,17H,6-11H2,1-2H3. The first kappa shape index (κ1) is 12.9. The number of rotatable bonds is 4. The van der Waals surface area contributed by atoms with E-state index in [0.717, 1.165) is 31.9 Å². The second kappa shape index (κ2) is 5.51. The summed E-state index contributed by atoms with van der Waals surface area (Å²) in [6.45, 7) is 9.79. The van der Waals surface area contributed by atoms with Crippen molar-refractivity contribution < 1.29 is 4.74 Å². The third-order valence-electron chi connectivity index (χ3n) is 4.29. The first-order valence-corrected chi connectivity index (χ1v) is 7.42. The molecule has 2 heterocycles. The van der Waals surface area contributed by atoms with E-state index in [0.29, 0.717) is 12.0 Å². The van der Waals surface area contributed by atoms with Crippen LogP contribution in [0.5, 0.6) is 5.75 Å². The maximum atomic E-state index is 6.07. The van der Waals surface area contributed by atoms with Crippen LogP contribution in [0.25, 0.3) is 0 Å². The van der Waals surface area contributed by atoms with Crippen molar-refractivity contribution in [3.05, 3.63) is 29.3 Å². The molecule has 0 aliphatic carbocycles. The van der Waals surface area contributed by atoms with Gasteiger partial charge in [0.2, 0.25) is 0 Å². The van der Waals surface area contributed by atoms with E-state index in [9.17, 15) is 0 Å². The molecule has 1 N–H and O–H groups in total. The van der Waals surface area contributed by atoms with Crippen LogP contribution in [0.2, 0.25) is 0 Å². The summed E-state index contributed by atoms with van der Waals surface area (Å²) >= 11 is 0. The minimum Gasteiger partial charge on any atom is -0.493 e. The molecule has 0 aromatic heterocycles. The second-order valence-electron chi connectivity index (χ2n) is 6.05. The summed E-state index contributed by atoms with van der Waals surface area (Å²) in [7, 11) is 0. The lowest BCUT2D eigenvalue weighted by Gasteiger charge is -2.41. The number of nitrogens with zero attached hydrogens (tertiary/aromatic N) is 1. The Morgan fingerprint density at radius 2 is 2.21 bits per heavy atom. The van der Waals surface area contributed by atoms with Gasteiger partial charge >= 0.3 is 0 Å². The van der Waals surface area contributed by atoms with Gasteiger partial charge in [-0.05, 0) is 38.4 Å². The van der Waals surface area contributed by atoms with Crippen LogP contribution in [0.3, 0.4) is 0 Å². The first-order valence-electron chi connectivity index (χ1n) is 7.42. The molecule has 0 unspecified atom stereocenters. The van der Waals surface area contributed by atoms with Crippen LogP contribution in [0.1, 0.15) is 25.0 Å². The fourth-order valence-corrected chi connectivity index (χ4v) is 2.96. The second-order valence-corrected chi connectivity index (χ2v) is 6.05. The quantitative estimate of drug-likeness (QED) is 0.897. The lowest BCUT2D eigenvalue weighted by atomic mass is 9.98. The zero-order valence-electron chi connectivity index (χ0n) is 12.0. The molecule has 2 aliphatic rings. The fourth-order valence-electron chi connectivity index (χ4n) is 2.96. The number of nitrogens with one attached hydrogen (secondary N) is 1.